The number of hydrogen-bond donors (Lipinski definition) is 4. The molecule has 1 radical (unpaired) electrons. The van der Waals surface area contributed by atoms with E-state index >= 15 is 0 Å². The van der Waals surface area contributed by atoms with Gasteiger partial charge in [-0.05, 0) is 185 Å². The highest BCUT2D eigenvalue weighted by Crippen LogP contribution is 2.45. The van der Waals surface area contributed by atoms with Crippen LogP contribution in [-0.4, -0.2) is 70.4 Å². The molecule has 0 aliphatic carbocycles. The minimum Gasteiger partial charge on any atom is -0.532 e. The molecular formula is C84H61BBrCl6F6O15S. The standard InChI is InChI=1S/C18H11ClO.C14H12ClFO2.C13H6ClF3O4S.C12H8ClFO2.C12H7ClO2.C8H10BO4.C6H3BrClF.CH4/c19-13-9-10-15-17(11-13)20-16-8-4-7-14(18(15)16)12-5-2-1-3-6-12;1-17-12-4-3-5-13(18-2)14(12)10-7-6-9(15)8-11(10)16;14-7-4-5-8-11(6-7)20-9-2-1-3-10(12(8)9)21-22(18,19)13(15,16)17;13-7-4-5-8(9(14)6-7)12-10(15)2-1-3-11(12)16;13-7-4-5-8-11(6-7)15-10-3-1-2-9(14)12(8)10;1-11-6-4-3-5-7(12-2)8(6)13-9-10;7-5-2-1-4(8)3-6(5)9;/h1-11H;3-8H,1-2H3;1-6H;1-6,15-16H;1-6,14H;3-5,10H,1-2H3;1-3H;1H4. The van der Waals surface area contributed by atoms with Crippen molar-refractivity contribution < 1.29 is 96.1 Å². The molecule has 0 saturated heterocycles. The number of methoxy groups -OCH3 is 4. The molecule has 0 spiro atoms. The van der Waals surface area contributed by atoms with Crippen molar-refractivity contribution in [2.24, 2.45) is 0 Å². The van der Waals surface area contributed by atoms with Crippen LogP contribution in [0.3, 0.4) is 0 Å². The number of hydrogen-bond acceptors (Lipinski definition) is 15. The summed E-state index contributed by atoms with van der Waals surface area (Å²) in [7, 11) is 0.912. The molecule has 587 valence electrons. The zero-order valence-electron chi connectivity index (χ0n) is 58.9. The van der Waals surface area contributed by atoms with Gasteiger partial charge in [-0.15, -0.1) is 0 Å². The van der Waals surface area contributed by atoms with Gasteiger partial charge >= 0.3 is 23.3 Å². The predicted octanol–water partition coefficient (Wildman–Crippen LogP) is 26.5. The number of phenolic OH excluding ortho intramolecular Hbond substituents is 3. The normalized spacial score (nSPS) is 10.8. The third kappa shape index (κ3) is 21.0. The van der Waals surface area contributed by atoms with Crippen molar-refractivity contribution in [3.8, 4) is 85.1 Å². The molecule has 114 heavy (non-hydrogen) atoms. The molecule has 3 heterocycles. The molecule has 0 amide bonds. The molecule has 0 atom stereocenters. The number of ether oxygens (including phenoxy) is 4. The molecule has 13 aromatic carbocycles. The molecule has 0 fully saturated rings. The molecule has 0 bridgehead atoms. The fourth-order valence-corrected chi connectivity index (χ4v) is 12.9. The molecule has 15 nitrogen and oxygen atoms in total. The molecule has 0 unspecified atom stereocenters. The Labute approximate surface area is 687 Å². The molecule has 30 heteroatoms. The van der Waals surface area contributed by atoms with Crippen LogP contribution in [0.15, 0.2) is 266 Å². The van der Waals surface area contributed by atoms with E-state index in [1.807, 2.05) is 60.7 Å². The number of para-hydroxylation sites is 1. The summed E-state index contributed by atoms with van der Waals surface area (Å²) in [5.41, 5.74) is 1.60. The minimum absolute atomic E-state index is 0. The van der Waals surface area contributed by atoms with Crippen molar-refractivity contribution in [2.45, 2.75) is 12.9 Å². The van der Waals surface area contributed by atoms with Crippen LogP contribution in [0.25, 0.3) is 99.2 Å². The zero-order valence-corrected chi connectivity index (χ0v) is 65.8. The summed E-state index contributed by atoms with van der Waals surface area (Å²) in [6, 6.07) is 69.0. The maximum atomic E-state index is 14.0. The van der Waals surface area contributed by atoms with Crippen LogP contribution in [0, 0.1) is 17.5 Å². The minimum atomic E-state index is -5.76. The second-order valence-corrected chi connectivity index (χ2v) is 28.3. The average Bonchev–Trinajstić information content (AvgIpc) is 1.63. The van der Waals surface area contributed by atoms with Gasteiger partial charge in [-0.2, -0.15) is 21.6 Å². The van der Waals surface area contributed by atoms with Gasteiger partial charge in [-0.3, -0.25) is 0 Å². The molecule has 16 aromatic rings. The first kappa shape index (κ1) is 87.2. The number of halogens is 13. The van der Waals surface area contributed by atoms with Crippen LogP contribution < -0.4 is 27.8 Å². The molecule has 0 aliphatic heterocycles. The molecular weight excluding hydrogens is 1700 g/mol. The topological polar surface area (TPSA) is 210 Å². The lowest BCUT2D eigenvalue weighted by Crippen LogP contribution is -2.28. The maximum absolute atomic E-state index is 14.0. The molecule has 0 saturated carbocycles. The summed E-state index contributed by atoms with van der Waals surface area (Å²) in [5, 5.41) is 44.5. The lowest BCUT2D eigenvalue weighted by molar-refractivity contribution is -0.0499. The highest BCUT2D eigenvalue weighted by atomic mass is 79.9. The van der Waals surface area contributed by atoms with Gasteiger partial charge in [0.15, 0.2) is 23.0 Å². The van der Waals surface area contributed by atoms with Crippen molar-refractivity contribution in [3.63, 3.8) is 0 Å². The second-order valence-electron chi connectivity index (χ2n) is 23.3. The Bertz CT molecular complexity index is 6110. The lowest BCUT2D eigenvalue weighted by Gasteiger charge is -2.13. The van der Waals surface area contributed by atoms with Crippen LogP contribution in [0.1, 0.15) is 7.43 Å². The number of aromatic hydroxyl groups is 3. The van der Waals surface area contributed by atoms with E-state index in [-0.39, 0.29) is 57.6 Å². The first-order chi connectivity index (χ1) is 54.1. The number of benzene rings is 13. The Morgan fingerprint density at radius 1 is 0.386 bits per heavy atom. The van der Waals surface area contributed by atoms with Gasteiger partial charge in [-0.25, -0.2) is 13.2 Å². The van der Waals surface area contributed by atoms with Crippen LogP contribution in [0.2, 0.25) is 30.1 Å². The summed E-state index contributed by atoms with van der Waals surface area (Å²) in [4.78, 5) is 0. The van der Waals surface area contributed by atoms with E-state index in [1.54, 1.807) is 84.9 Å². The third-order valence-electron chi connectivity index (χ3n) is 16.2. The highest BCUT2D eigenvalue weighted by Gasteiger charge is 2.49. The molecule has 0 aliphatic rings. The summed E-state index contributed by atoms with van der Waals surface area (Å²) < 4.78 is 147. The quantitative estimate of drug-likeness (QED) is 0.0312. The SMILES string of the molecule is C.COc1cccc(OC)c1-c1ccc(Cl)cc1F.COc1cccc(OC)c1O[B]O.Clc1ccc2c(c1)oc1cccc(-c3ccccc3)c12.Fc1cc(Cl)ccc1Br.O=S(=O)(Oc1cccc2oc3cc(Cl)ccc3c12)C(F)(F)F.Oc1cccc(O)c1-c1ccc(Cl)cc1F.Oc1cccc2oc3cc(Cl)ccc3c12. The Balaban J connectivity index is 0.000000154. The van der Waals surface area contributed by atoms with E-state index in [9.17, 15) is 50.1 Å². The fourth-order valence-electron chi connectivity index (χ4n) is 11.2. The Morgan fingerprint density at radius 3 is 1.21 bits per heavy atom. The summed E-state index contributed by atoms with van der Waals surface area (Å²) >= 11 is 37.5. The van der Waals surface area contributed by atoms with E-state index in [0.717, 1.165) is 44.8 Å². The van der Waals surface area contributed by atoms with Crippen molar-refractivity contribution >= 4 is 169 Å². The zero-order chi connectivity index (χ0) is 81.4. The van der Waals surface area contributed by atoms with E-state index in [4.69, 9.17) is 111 Å². The van der Waals surface area contributed by atoms with Crippen LogP contribution in [0.5, 0.6) is 51.7 Å². The Morgan fingerprint density at radius 2 is 0.754 bits per heavy atom. The third-order valence-corrected chi connectivity index (χ3v) is 19.2. The van der Waals surface area contributed by atoms with Crippen molar-refractivity contribution in [2.75, 3.05) is 28.4 Å². The van der Waals surface area contributed by atoms with E-state index in [2.05, 4.69) is 38.3 Å². The molecule has 4 N–H and O–H groups in total. The van der Waals surface area contributed by atoms with Gasteiger partial charge < -0.3 is 61.4 Å². The lowest BCUT2D eigenvalue weighted by atomic mass is 10.00. The van der Waals surface area contributed by atoms with Crippen molar-refractivity contribution in [1.82, 2.24) is 0 Å². The van der Waals surface area contributed by atoms with Gasteiger partial charge in [0, 0.05) is 81.0 Å². The summed E-state index contributed by atoms with van der Waals surface area (Å²) in [6.07, 6.45) is 0. The van der Waals surface area contributed by atoms with Crippen LogP contribution in [0.4, 0.5) is 26.3 Å². The number of furan rings is 3. The summed E-state index contributed by atoms with van der Waals surface area (Å²) in [5.74, 6) is 0.541. The van der Waals surface area contributed by atoms with E-state index in [0.29, 0.717) is 99.3 Å². The Kier molecular flexibility index (Phi) is 30.1. The van der Waals surface area contributed by atoms with Crippen molar-refractivity contribution in [3.05, 3.63) is 301 Å². The van der Waals surface area contributed by atoms with Crippen LogP contribution >= 0.6 is 85.5 Å². The van der Waals surface area contributed by atoms with E-state index < -0.39 is 33.0 Å². The number of fused-ring (bicyclic) bond motifs is 9. The first-order valence-corrected chi connectivity index (χ1v) is 37.2. The number of phenols is 3. The smallest absolute Gasteiger partial charge is 0.532 e. The van der Waals surface area contributed by atoms with Gasteiger partial charge in [-0.1, -0.05) is 150 Å². The first-order valence-electron chi connectivity index (χ1n) is 32.7. The molecule has 16 rings (SSSR count). The highest BCUT2D eigenvalue weighted by molar-refractivity contribution is 9.10. The van der Waals surface area contributed by atoms with Gasteiger partial charge in [0.1, 0.15) is 79.7 Å². The fraction of sp³-hybridized carbons (Fsp3) is 0.0714. The summed E-state index contributed by atoms with van der Waals surface area (Å²) in [6.45, 7) is 0. The monoisotopic (exact) mass is 1760 g/mol. The number of rotatable bonds is 11. The number of alkyl halides is 3. The average molecular weight is 1760 g/mol. The van der Waals surface area contributed by atoms with Gasteiger partial charge in [0.25, 0.3) is 0 Å². The predicted molar refractivity (Wildman–Crippen MR) is 443 cm³/mol. The maximum Gasteiger partial charge on any atom is 0.569 e. The second kappa shape index (κ2) is 39.3. The van der Waals surface area contributed by atoms with E-state index in [1.165, 1.54) is 112 Å². The van der Waals surface area contributed by atoms with Crippen LogP contribution in [-0.2, 0) is 10.1 Å². The largest absolute Gasteiger partial charge is 0.569 e. The van der Waals surface area contributed by atoms with Gasteiger partial charge in [0.05, 0.1) is 54.8 Å². The Hall–Kier alpha value is -10.8. The molecule has 3 aromatic heterocycles. The van der Waals surface area contributed by atoms with Gasteiger partial charge in [0.2, 0.25) is 0 Å². The van der Waals surface area contributed by atoms with Crippen molar-refractivity contribution in [1.29, 1.82) is 0 Å².